The molecule has 0 aliphatic rings. The number of aldehydes is 1. The zero-order chi connectivity index (χ0) is 7.49. The SMILES string of the molecule is C=C(CC=O)C(F)(F)F. The first kappa shape index (κ1) is 8.20. The van der Waals surface area contributed by atoms with Gasteiger partial charge < -0.3 is 4.79 Å². The van der Waals surface area contributed by atoms with Crippen LogP contribution in [0.25, 0.3) is 0 Å². The van der Waals surface area contributed by atoms with Gasteiger partial charge in [-0.15, -0.1) is 0 Å². The summed E-state index contributed by atoms with van der Waals surface area (Å²) in [5.41, 5.74) is -1.00. The molecule has 1 nitrogen and oxygen atoms in total. The van der Waals surface area contributed by atoms with Crippen molar-refractivity contribution < 1.29 is 18.0 Å². The van der Waals surface area contributed by atoms with Gasteiger partial charge in [0.05, 0.1) is 0 Å². The average Bonchev–Trinajstić information content (AvgIpc) is 1.64. The number of carbonyl (C=O) groups excluding carboxylic acids is 1. The van der Waals surface area contributed by atoms with Gasteiger partial charge in [-0.05, 0) is 0 Å². The van der Waals surface area contributed by atoms with E-state index in [1.54, 1.807) is 0 Å². The molecule has 0 fully saturated rings. The summed E-state index contributed by atoms with van der Waals surface area (Å²) in [5, 5.41) is 0. The monoisotopic (exact) mass is 138 g/mol. The van der Waals surface area contributed by atoms with E-state index in [9.17, 15) is 18.0 Å². The van der Waals surface area contributed by atoms with E-state index in [0.29, 0.717) is 0 Å². The molecular formula is C5H5F3O. The highest BCUT2D eigenvalue weighted by Gasteiger charge is 2.30. The molecule has 4 heteroatoms. The van der Waals surface area contributed by atoms with Crippen molar-refractivity contribution >= 4 is 6.29 Å². The smallest absolute Gasteiger partial charge is 0.303 e. The van der Waals surface area contributed by atoms with Crippen LogP contribution in [0.1, 0.15) is 6.42 Å². The third-order valence-electron chi connectivity index (χ3n) is 0.731. The van der Waals surface area contributed by atoms with Gasteiger partial charge in [0.25, 0.3) is 0 Å². The molecule has 0 aromatic carbocycles. The number of hydrogen-bond donors (Lipinski definition) is 0. The minimum atomic E-state index is -4.42. The molecule has 0 aliphatic heterocycles. The Balaban J connectivity index is 3.88. The third kappa shape index (κ3) is 2.90. The minimum Gasteiger partial charge on any atom is -0.303 e. The predicted octanol–water partition coefficient (Wildman–Crippen LogP) is 1.69. The molecule has 0 saturated carbocycles. The topological polar surface area (TPSA) is 17.1 Å². The molecular weight excluding hydrogens is 133 g/mol. The van der Waals surface area contributed by atoms with Crippen LogP contribution in [0.5, 0.6) is 0 Å². The molecule has 0 N–H and O–H groups in total. The quantitative estimate of drug-likeness (QED) is 0.419. The van der Waals surface area contributed by atoms with E-state index in [-0.39, 0.29) is 6.29 Å². The Kier molecular flexibility index (Phi) is 2.42. The Morgan fingerprint density at radius 1 is 1.56 bits per heavy atom. The maximum atomic E-state index is 11.4. The number of carbonyl (C=O) groups is 1. The van der Waals surface area contributed by atoms with Crippen LogP contribution in [0.15, 0.2) is 12.2 Å². The highest BCUT2D eigenvalue weighted by Crippen LogP contribution is 2.25. The summed E-state index contributed by atoms with van der Waals surface area (Å²) < 4.78 is 34.1. The molecule has 0 aliphatic carbocycles. The normalized spacial score (nSPS) is 11.0. The fourth-order valence-electron chi connectivity index (χ4n) is 0.216. The first-order valence-corrected chi connectivity index (χ1v) is 2.17. The Morgan fingerprint density at radius 3 is 2.11 bits per heavy atom. The standard InChI is InChI=1S/C5H5F3O/c1-4(2-3-9)5(6,7)8/h3H,1-2H2. The largest absolute Gasteiger partial charge is 0.412 e. The summed E-state index contributed by atoms with van der Waals surface area (Å²) in [5.74, 6) is 0. The van der Waals surface area contributed by atoms with Crippen molar-refractivity contribution in [2.24, 2.45) is 0 Å². The zero-order valence-electron chi connectivity index (χ0n) is 4.53. The summed E-state index contributed by atoms with van der Waals surface area (Å²) in [6.45, 7) is 2.66. The summed E-state index contributed by atoms with van der Waals surface area (Å²) in [4.78, 5) is 9.50. The van der Waals surface area contributed by atoms with E-state index < -0.39 is 18.2 Å². The predicted molar refractivity (Wildman–Crippen MR) is 25.9 cm³/mol. The van der Waals surface area contributed by atoms with Gasteiger partial charge in [0.2, 0.25) is 0 Å². The average molecular weight is 138 g/mol. The molecule has 0 amide bonds. The lowest BCUT2D eigenvalue weighted by molar-refractivity contribution is -0.113. The van der Waals surface area contributed by atoms with Crippen LogP contribution in [-0.4, -0.2) is 12.5 Å². The molecule has 0 spiro atoms. The fraction of sp³-hybridized carbons (Fsp3) is 0.400. The van der Waals surface area contributed by atoms with E-state index in [1.165, 1.54) is 0 Å². The van der Waals surface area contributed by atoms with Gasteiger partial charge in [0.1, 0.15) is 6.29 Å². The summed E-state index contributed by atoms with van der Waals surface area (Å²) in [6, 6.07) is 0. The first-order chi connectivity index (χ1) is 3.98. The fourth-order valence-corrected chi connectivity index (χ4v) is 0.216. The van der Waals surface area contributed by atoms with Crippen molar-refractivity contribution in [2.45, 2.75) is 12.6 Å². The van der Waals surface area contributed by atoms with Crippen molar-refractivity contribution in [1.82, 2.24) is 0 Å². The van der Waals surface area contributed by atoms with E-state index in [1.807, 2.05) is 0 Å². The van der Waals surface area contributed by atoms with Gasteiger partial charge in [0, 0.05) is 12.0 Å². The second kappa shape index (κ2) is 2.66. The van der Waals surface area contributed by atoms with Crippen molar-refractivity contribution in [3.63, 3.8) is 0 Å². The summed E-state index contributed by atoms with van der Waals surface area (Å²) in [7, 11) is 0. The van der Waals surface area contributed by atoms with Crippen LogP contribution in [0.3, 0.4) is 0 Å². The van der Waals surface area contributed by atoms with Crippen molar-refractivity contribution in [3.8, 4) is 0 Å². The first-order valence-electron chi connectivity index (χ1n) is 2.17. The van der Waals surface area contributed by atoms with Crippen LogP contribution >= 0.6 is 0 Å². The molecule has 0 saturated heterocycles. The molecule has 9 heavy (non-hydrogen) atoms. The molecule has 0 aromatic rings. The van der Waals surface area contributed by atoms with Gasteiger partial charge in [-0.1, -0.05) is 6.58 Å². The number of rotatable bonds is 2. The maximum absolute atomic E-state index is 11.4. The molecule has 0 aromatic heterocycles. The Hall–Kier alpha value is -0.800. The van der Waals surface area contributed by atoms with Crippen LogP contribution in [0, 0.1) is 0 Å². The Bertz CT molecular complexity index is 125. The minimum absolute atomic E-state index is 0.176. The van der Waals surface area contributed by atoms with Crippen molar-refractivity contribution in [3.05, 3.63) is 12.2 Å². The highest BCUT2D eigenvalue weighted by atomic mass is 19.4. The Morgan fingerprint density at radius 2 is 2.00 bits per heavy atom. The lowest BCUT2D eigenvalue weighted by Gasteiger charge is -2.04. The Labute approximate surface area is 50.2 Å². The highest BCUT2D eigenvalue weighted by molar-refractivity contribution is 5.54. The zero-order valence-corrected chi connectivity index (χ0v) is 4.53. The molecule has 0 bridgehead atoms. The number of alkyl halides is 3. The van der Waals surface area contributed by atoms with Crippen LogP contribution in [-0.2, 0) is 4.79 Å². The lowest BCUT2D eigenvalue weighted by atomic mass is 10.2. The van der Waals surface area contributed by atoms with E-state index in [0.717, 1.165) is 0 Å². The molecule has 0 atom stereocenters. The number of allylic oxidation sites excluding steroid dienone is 1. The van der Waals surface area contributed by atoms with Gasteiger partial charge in [-0.25, -0.2) is 0 Å². The van der Waals surface area contributed by atoms with Gasteiger partial charge in [0.15, 0.2) is 0 Å². The van der Waals surface area contributed by atoms with Crippen LogP contribution in [0.2, 0.25) is 0 Å². The van der Waals surface area contributed by atoms with Crippen LogP contribution in [0.4, 0.5) is 13.2 Å². The molecule has 0 unspecified atom stereocenters. The van der Waals surface area contributed by atoms with Gasteiger partial charge >= 0.3 is 6.18 Å². The summed E-state index contributed by atoms with van der Waals surface area (Å²) >= 11 is 0. The van der Waals surface area contributed by atoms with E-state index in [2.05, 4.69) is 6.58 Å². The van der Waals surface area contributed by atoms with E-state index >= 15 is 0 Å². The molecule has 0 rings (SSSR count). The molecule has 0 radical (unpaired) electrons. The number of halogens is 3. The van der Waals surface area contributed by atoms with Crippen LogP contribution < -0.4 is 0 Å². The molecule has 0 heterocycles. The second-order valence-electron chi connectivity index (χ2n) is 1.47. The van der Waals surface area contributed by atoms with Crippen molar-refractivity contribution in [2.75, 3.05) is 0 Å². The van der Waals surface area contributed by atoms with Gasteiger partial charge in [-0.3, -0.25) is 0 Å². The summed E-state index contributed by atoms with van der Waals surface area (Å²) in [6.07, 6.45) is -4.87. The van der Waals surface area contributed by atoms with E-state index in [4.69, 9.17) is 0 Å². The molecule has 52 valence electrons. The second-order valence-corrected chi connectivity index (χ2v) is 1.47. The third-order valence-corrected chi connectivity index (χ3v) is 0.731. The lowest BCUT2D eigenvalue weighted by Crippen LogP contribution is -2.10. The number of hydrogen-bond acceptors (Lipinski definition) is 1. The van der Waals surface area contributed by atoms with Gasteiger partial charge in [-0.2, -0.15) is 13.2 Å². The maximum Gasteiger partial charge on any atom is 0.412 e. The van der Waals surface area contributed by atoms with Crippen molar-refractivity contribution in [1.29, 1.82) is 0 Å².